The Morgan fingerprint density at radius 1 is 0.792 bits per heavy atom. The summed E-state index contributed by atoms with van der Waals surface area (Å²) in [5, 5.41) is 0. The highest BCUT2D eigenvalue weighted by Gasteiger charge is 2.20. The van der Waals surface area contributed by atoms with Crippen LogP contribution in [0.5, 0.6) is 0 Å². The molecule has 0 bridgehead atoms. The molecule has 0 unspecified atom stereocenters. The lowest BCUT2D eigenvalue weighted by Gasteiger charge is -2.27. The zero-order valence-electron chi connectivity index (χ0n) is 15.3. The van der Waals surface area contributed by atoms with E-state index in [9.17, 15) is 0 Å². The van der Waals surface area contributed by atoms with Gasteiger partial charge in [0.25, 0.3) is 0 Å². The van der Waals surface area contributed by atoms with Crippen LogP contribution >= 0.6 is 0 Å². The fourth-order valence-corrected chi connectivity index (χ4v) is 3.95. The summed E-state index contributed by atoms with van der Waals surface area (Å²) in [6, 6.07) is 13.5. The second-order valence-corrected chi connectivity index (χ2v) is 7.50. The molecular weight excluding hydrogens is 290 g/mol. The van der Waals surface area contributed by atoms with Crippen LogP contribution in [0.2, 0.25) is 0 Å². The maximum absolute atomic E-state index is 4.74. The Morgan fingerprint density at radius 3 is 2.00 bits per heavy atom. The van der Waals surface area contributed by atoms with Crippen molar-refractivity contribution in [2.45, 2.75) is 65.2 Å². The zero-order valence-corrected chi connectivity index (χ0v) is 15.3. The number of aromatic nitrogens is 1. The summed E-state index contributed by atoms with van der Waals surface area (Å²) in [6.07, 6.45) is 12.3. The van der Waals surface area contributed by atoms with Crippen LogP contribution in [-0.2, 0) is 19.3 Å². The van der Waals surface area contributed by atoms with Gasteiger partial charge in [-0.05, 0) is 66.7 Å². The van der Waals surface area contributed by atoms with Crippen molar-refractivity contribution in [3.05, 3.63) is 65.0 Å². The summed E-state index contributed by atoms with van der Waals surface area (Å²) in [6.45, 7) is 4.54. The Balaban J connectivity index is 1.53. The van der Waals surface area contributed by atoms with Gasteiger partial charge in [0.2, 0.25) is 0 Å². The first-order valence-corrected chi connectivity index (χ1v) is 9.78. The minimum atomic E-state index is 0.854. The van der Waals surface area contributed by atoms with Crippen molar-refractivity contribution in [3.8, 4) is 0 Å². The molecule has 24 heavy (non-hydrogen) atoms. The molecule has 1 nitrogen and oxygen atoms in total. The van der Waals surface area contributed by atoms with E-state index in [0.29, 0.717) is 0 Å². The number of hydrogen-bond donors (Lipinski definition) is 0. The van der Waals surface area contributed by atoms with Gasteiger partial charge in [0.15, 0.2) is 0 Å². The van der Waals surface area contributed by atoms with E-state index in [-0.39, 0.29) is 0 Å². The standard InChI is InChI=1S/C23H31N/c1-3-18-5-9-20(10-6-18)15-22-13-14-23(24-17-22)16-21-11-7-19(4-2)8-12-21/h5-6,9-10,13-14,17,19,21H,3-4,7-8,11-12,15-16H2,1-2H3. The van der Waals surface area contributed by atoms with Crippen LogP contribution < -0.4 is 0 Å². The molecule has 1 aromatic heterocycles. The second kappa shape index (κ2) is 8.46. The molecule has 0 atom stereocenters. The van der Waals surface area contributed by atoms with E-state index in [1.807, 2.05) is 0 Å². The Morgan fingerprint density at radius 2 is 1.42 bits per heavy atom. The third-order valence-corrected chi connectivity index (χ3v) is 5.77. The van der Waals surface area contributed by atoms with Gasteiger partial charge in [-0.2, -0.15) is 0 Å². The molecule has 0 saturated heterocycles. The average molecular weight is 322 g/mol. The van der Waals surface area contributed by atoms with Gasteiger partial charge in [-0.1, -0.05) is 63.4 Å². The molecule has 128 valence electrons. The highest BCUT2D eigenvalue weighted by Crippen LogP contribution is 2.32. The molecule has 0 amide bonds. The Hall–Kier alpha value is -1.63. The van der Waals surface area contributed by atoms with Crippen molar-refractivity contribution < 1.29 is 0 Å². The summed E-state index contributed by atoms with van der Waals surface area (Å²) in [7, 11) is 0. The van der Waals surface area contributed by atoms with Crippen molar-refractivity contribution in [3.63, 3.8) is 0 Å². The number of nitrogens with zero attached hydrogens (tertiary/aromatic N) is 1. The minimum Gasteiger partial charge on any atom is -0.261 e. The van der Waals surface area contributed by atoms with Crippen LogP contribution in [0.25, 0.3) is 0 Å². The van der Waals surface area contributed by atoms with Crippen LogP contribution in [-0.4, -0.2) is 4.98 Å². The largest absolute Gasteiger partial charge is 0.261 e. The molecule has 1 aliphatic rings. The van der Waals surface area contributed by atoms with Gasteiger partial charge in [-0.3, -0.25) is 4.98 Å². The smallest absolute Gasteiger partial charge is 0.0406 e. The molecule has 0 aliphatic heterocycles. The molecule has 1 fully saturated rings. The van der Waals surface area contributed by atoms with Crippen LogP contribution in [0.15, 0.2) is 42.6 Å². The summed E-state index contributed by atoms with van der Waals surface area (Å²) in [4.78, 5) is 4.74. The normalized spacial score (nSPS) is 20.9. The van der Waals surface area contributed by atoms with E-state index in [1.165, 1.54) is 60.9 Å². The first kappa shape index (κ1) is 17.2. The number of pyridine rings is 1. The number of benzene rings is 1. The molecule has 3 rings (SSSR count). The number of aryl methyl sites for hydroxylation is 1. The second-order valence-electron chi connectivity index (χ2n) is 7.50. The lowest BCUT2D eigenvalue weighted by Crippen LogP contribution is -2.16. The molecule has 1 heterocycles. The highest BCUT2D eigenvalue weighted by molar-refractivity contribution is 5.28. The van der Waals surface area contributed by atoms with Gasteiger partial charge in [-0.25, -0.2) is 0 Å². The lowest BCUT2D eigenvalue weighted by molar-refractivity contribution is 0.267. The highest BCUT2D eigenvalue weighted by atomic mass is 14.7. The summed E-state index contributed by atoms with van der Waals surface area (Å²) in [5.74, 6) is 1.84. The molecule has 0 N–H and O–H groups in total. The third kappa shape index (κ3) is 4.69. The summed E-state index contributed by atoms with van der Waals surface area (Å²) >= 11 is 0. The van der Waals surface area contributed by atoms with Gasteiger partial charge in [0.1, 0.15) is 0 Å². The first-order valence-electron chi connectivity index (χ1n) is 9.78. The van der Waals surface area contributed by atoms with E-state index in [4.69, 9.17) is 4.98 Å². The Bertz CT molecular complexity index is 603. The van der Waals surface area contributed by atoms with Crippen molar-refractivity contribution in [1.82, 2.24) is 4.98 Å². The minimum absolute atomic E-state index is 0.854. The fourth-order valence-electron chi connectivity index (χ4n) is 3.95. The van der Waals surface area contributed by atoms with Gasteiger partial charge in [-0.15, -0.1) is 0 Å². The number of hydrogen-bond acceptors (Lipinski definition) is 1. The summed E-state index contributed by atoms with van der Waals surface area (Å²) < 4.78 is 0. The van der Waals surface area contributed by atoms with Crippen LogP contribution in [0.3, 0.4) is 0 Å². The molecular formula is C23H31N. The predicted octanol–water partition coefficient (Wildman–Crippen LogP) is 5.99. The quantitative estimate of drug-likeness (QED) is 0.636. The zero-order chi connectivity index (χ0) is 16.8. The van der Waals surface area contributed by atoms with Crippen molar-refractivity contribution in [2.24, 2.45) is 11.8 Å². The average Bonchev–Trinajstić information content (AvgIpc) is 2.65. The maximum atomic E-state index is 4.74. The van der Waals surface area contributed by atoms with E-state index in [0.717, 1.165) is 24.7 Å². The van der Waals surface area contributed by atoms with Gasteiger partial charge in [0.05, 0.1) is 0 Å². The maximum Gasteiger partial charge on any atom is 0.0406 e. The van der Waals surface area contributed by atoms with Crippen molar-refractivity contribution in [2.75, 3.05) is 0 Å². The van der Waals surface area contributed by atoms with E-state index in [2.05, 4.69) is 56.4 Å². The third-order valence-electron chi connectivity index (χ3n) is 5.77. The topological polar surface area (TPSA) is 12.9 Å². The van der Waals surface area contributed by atoms with Crippen LogP contribution in [0.4, 0.5) is 0 Å². The Labute approximate surface area is 147 Å². The molecule has 1 saturated carbocycles. The van der Waals surface area contributed by atoms with Crippen LogP contribution in [0.1, 0.15) is 68.3 Å². The monoisotopic (exact) mass is 321 g/mol. The van der Waals surface area contributed by atoms with Gasteiger partial charge in [0, 0.05) is 11.9 Å². The van der Waals surface area contributed by atoms with E-state index >= 15 is 0 Å². The van der Waals surface area contributed by atoms with Crippen molar-refractivity contribution in [1.29, 1.82) is 0 Å². The van der Waals surface area contributed by atoms with Gasteiger partial charge < -0.3 is 0 Å². The van der Waals surface area contributed by atoms with Gasteiger partial charge >= 0.3 is 0 Å². The van der Waals surface area contributed by atoms with E-state index < -0.39 is 0 Å². The molecule has 1 heteroatoms. The molecule has 1 aromatic carbocycles. The Kier molecular flexibility index (Phi) is 6.07. The van der Waals surface area contributed by atoms with Crippen LogP contribution in [0, 0.1) is 11.8 Å². The molecule has 1 aliphatic carbocycles. The lowest BCUT2D eigenvalue weighted by atomic mass is 9.79. The first-order chi connectivity index (χ1) is 11.8. The summed E-state index contributed by atoms with van der Waals surface area (Å²) in [5.41, 5.74) is 5.38. The van der Waals surface area contributed by atoms with Crippen molar-refractivity contribution >= 4 is 0 Å². The van der Waals surface area contributed by atoms with E-state index in [1.54, 1.807) is 0 Å². The molecule has 0 radical (unpaired) electrons. The molecule has 2 aromatic rings. The number of rotatable bonds is 6. The SMILES string of the molecule is CCc1ccc(Cc2ccc(CC3CCC(CC)CC3)nc2)cc1. The molecule has 0 spiro atoms. The fraction of sp³-hybridized carbons (Fsp3) is 0.522. The predicted molar refractivity (Wildman–Crippen MR) is 102 cm³/mol.